The molecular formula is C15H24N2O2. The second-order valence-electron chi connectivity index (χ2n) is 5.81. The van der Waals surface area contributed by atoms with Gasteiger partial charge >= 0.3 is 0 Å². The van der Waals surface area contributed by atoms with Gasteiger partial charge in [-0.1, -0.05) is 13.3 Å². The van der Waals surface area contributed by atoms with Crippen LogP contribution in [-0.4, -0.2) is 22.2 Å². The van der Waals surface area contributed by atoms with Crippen molar-refractivity contribution in [3.63, 3.8) is 0 Å². The summed E-state index contributed by atoms with van der Waals surface area (Å²) in [6.07, 6.45) is 5.55. The molecule has 3 atom stereocenters. The number of ether oxygens (including phenoxy) is 1. The standard InChI is InChI=1S/C15H24N2O2/c1-10-6-5-7-15(8-10,19-4)14-16-9-13(12(3)18)11(2)17-14/h9-10,12,18H,5-8H2,1-4H3. The summed E-state index contributed by atoms with van der Waals surface area (Å²) in [5, 5.41) is 9.66. The summed E-state index contributed by atoms with van der Waals surface area (Å²) >= 11 is 0. The number of nitrogens with zero attached hydrogens (tertiary/aromatic N) is 2. The fraction of sp³-hybridized carbons (Fsp3) is 0.733. The molecule has 3 unspecified atom stereocenters. The summed E-state index contributed by atoms with van der Waals surface area (Å²) < 4.78 is 5.80. The second-order valence-corrected chi connectivity index (χ2v) is 5.81. The number of aryl methyl sites for hydroxylation is 1. The Morgan fingerprint density at radius 1 is 1.53 bits per heavy atom. The number of hydrogen-bond donors (Lipinski definition) is 1. The lowest BCUT2D eigenvalue weighted by Crippen LogP contribution is -2.36. The molecule has 4 heteroatoms. The Labute approximate surface area is 115 Å². The maximum Gasteiger partial charge on any atom is 0.160 e. The highest BCUT2D eigenvalue weighted by Gasteiger charge is 2.39. The zero-order valence-electron chi connectivity index (χ0n) is 12.3. The average molecular weight is 264 g/mol. The molecule has 0 amide bonds. The predicted octanol–water partition coefficient (Wildman–Crippen LogP) is 2.89. The molecule has 19 heavy (non-hydrogen) atoms. The van der Waals surface area contributed by atoms with E-state index in [2.05, 4.69) is 16.9 Å². The molecule has 4 nitrogen and oxygen atoms in total. The Hall–Kier alpha value is -1.00. The van der Waals surface area contributed by atoms with E-state index in [4.69, 9.17) is 4.74 Å². The Bertz CT molecular complexity index is 448. The Kier molecular flexibility index (Phi) is 4.21. The van der Waals surface area contributed by atoms with Gasteiger partial charge in [0.1, 0.15) is 5.60 Å². The molecule has 106 valence electrons. The molecule has 1 aromatic heterocycles. The number of rotatable bonds is 3. The van der Waals surface area contributed by atoms with Gasteiger partial charge in [0.15, 0.2) is 5.82 Å². The topological polar surface area (TPSA) is 55.2 Å². The van der Waals surface area contributed by atoms with Crippen molar-refractivity contribution in [3.8, 4) is 0 Å². The van der Waals surface area contributed by atoms with Gasteiger partial charge < -0.3 is 9.84 Å². The van der Waals surface area contributed by atoms with E-state index < -0.39 is 6.10 Å². The molecule has 0 radical (unpaired) electrons. The number of methoxy groups -OCH3 is 1. The lowest BCUT2D eigenvalue weighted by Gasteiger charge is -2.37. The van der Waals surface area contributed by atoms with Gasteiger partial charge in [0.25, 0.3) is 0 Å². The van der Waals surface area contributed by atoms with Gasteiger partial charge in [-0.3, -0.25) is 0 Å². The van der Waals surface area contributed by atoms with Gasteiger partial charge in [-0.2, -0.15) is 0 Å². The summed E-state index contributed by atoms with van der Waals surface area (Å²) in [5.41, 5.74) is 1.29. The van der Waals surface area contributed by atoms with Crippen molar-refractivity contribution in [2.75, 3.05) is 7.11 Å². The Balaban J connectivity index is 2.36. The average Bonchev–Trinajstić information content (AvgIpc) is 2.38. The van der Waals surface area contributed by atoms with Crippen LogP contribution in [0.25, 0.3) is 0 Å². The molecule has 1 heterocycles. The van der Waals surface area contributed by atoms with Crippen molar-refractivity contribution in [1.29, 1.82) is 0 Å². The molecule has 0 saturated heterocycles. The zero-order valence-corrected chi connectivity index (χ0v) is 12.3. The zero-order chi connectivity index (χ0) is 14.0. The number of aliphatic hydroxyl groups excluding tert-OH is 1. The van der Waals surface area contributed by atoms with E-state index in [0.717, 1.165) is 36.3 Å². The monoisotopic (exact) mass is 264 g/mol. The molecule has 0 bridgehead atoms. The third kappa shape index (κ3) is 2.79. The van der Waals surface area contributed by atoms with Crippen molar-refractivity contribution in [2.45, 2.75) is 58.2 Å². The predicted molar refractivity (Wildman–Crippen MR) is 73.7 cm³/mol. The Morgan fingerprint density at radius 2 is 2.26 bits per heavy atom. The van der Waals surface area contributed by atoms with Crippen LogP contribution in [0.2, 0.25) is 0 Å². The number of hydrogen-bond acceptors (Lipinski definition) is 4. The third-order valence-electron chi connectivity index (χ3n) is 4.22. The molecule has 2 rings (SSSR count). The fourth-order valence-electron chi connectivity index (χ4n) is 3.09. The number of aliphatic hydroxyl groups is 1. The van der Waals surface area contributed by atoms with E-state index >= 15 is 0 Å². The SMILES string of the molecule is COC1(c2ncc(C(C)O)c(C)n2)CCCC(C)C1. The summed E-state index contributed by atoms with van der Waals surface area (Å²) in [7, 11) is 1.75. The molecule has 0 aromatic carbocycles. The first kappa shape index (κ1) is 14.4. The van der Waals surface area contributed by atoms with E-state index in [9.17, 15) is 5.11 Å². The van der Waals surface area contributed by atoms with Crippen molar-refractivity contribution in [3.05, 3.63) is 23.3 Å². The second kappa shape index (κ2) is 5.55. The van der Waals surface area contributed by atoms with Gasteiger partial charge in [0.2, 0.25) is 0 Å². The van der Waals surface area contributed by atoms with Crippen LogP contribution in [0.5, 0.6) is 0 Å². The maximum absolute atomic E-state index is 9.66. The molecular weight excluding hydrogens is 240 g/mol. The van der Waals surface area contributed by atoms with Gasteiger partial charge in [-0.15, -0.1) is 0 Å². The van der Waals surface area contributed by atoms with Gasteiger partial charge in [0.05, 0.1) is 6.10 Å². The summed E-state index contributed by atoms with van der Waals surface area (Å²) in [4.78, 5) is 9.07. The van der Waals surface area contributed by atoms with Gasteiger partial charge in [-0.25, -0.2) is 9.97 Å². The van der Waals surface area contributed by atoms with Crippen LogP contribution in [0.4, 0.5) is 0 Å². The summed E-state index contributed by atoms with van der Waals surface area (Å²) in [6.45, 7) is 5.91. The summed E-state index contributed by atoms with van der Waals surface area (Å²) in [5.74, 6) is 1.40. The molecule has 1 fully saturated rings. The van der Waals surface area contributed by atoms with Crippen molar-refractivity contribution < 1.29 is 9.84 Å². The minimum atomic E-state index is -0.530. The van der Waals surface area contributed by atoms with Crippen LogP contribution in [0.3, 0.4) is 0 Å². The van der Waals surface area contributed by atoms with Crippen LogP contribution in [0.15, 0.2) is 6.20 Å². The highest BCUT2D eigenvalue weighted by Crippen LogP contribution is 2.41. The molecule has 1 aliphatic rings. The van der Waals surface area contributed by atoms with Crippen LogP contribution < -0.4 is 0 Å². The highest BCUT2D eigenvalue weighted by atomic mass is 16.5. The molecule has 1 aliphatic carbocycles. The summed E-state index contributed by atoms with van der Waals surface area (Å²) in [6, 6.07) is 0. The molecule has 1 aromatic rings. The van der Waals surface area contributed by atoms with E-state index in [-0.39, 0.29) is 5.60 Å². The Morgan fingerprint density at radius 3 is 2.79 bits per heavy atom. The quantitative estimate of drug-likeness (QED) is 0.912. The van der Waals surface area contributed by atoms with Crippen LogP contribution in [0.1, 0.15) is 62.7 Å². The lowest BCUT2D eigenvalue weighted by atomic mass is 9.78. The van der Waals surface area contributed by atoms with Gasteiger partial charge in [0, 0.05) is 24.6 Å². The van der Waals surface area contributed by atoms with Crippen molar-refractivity contribution in [1.82, 2.24) is 9.97 Å². The minimum Gasteiger partial charge on any atom is -0.389 e. The van der Waals surface area contributed by atoms with Crippen LogP contribution >= 0.6 is 0 Å². The smallest absolute Gasteiger partial charge is 0.160 e. The number of aromatic nitrogens is 2. The van der Waals surface area contributed by atoms with E-state index in [1.165, 1.54) is 6.42 Å². The van der Waals surface area contributed by atoms with E-state index in [1.54, 1.807) is 20.2 Å². The lowest BCUT2D eigenvalue weighted by molar-refractivity contribution is -0.0648. The minimum absolute atomic E-state index is 0.348. The van der Waals surface area contributed by atoms with Crippen LogP contribution in [-0.2, 0) is 10.3 Å². The first-order valence-electron chi connectivity index (χ1n) is 7.06. The molecule has 0 aliphatic heterocycles. The van der Waals surface area contributed by atoms with E-state index in [1.807, 2.05) is 6.92 Å². The van der Waals surface area contributed by atoms with Crippen LogP contribution in [0, 0.1) is 12.8 Å². The largest absolute Gasteiger partial charge is 0.389 e. The molecule has 1 N–H and O–H groups in total. The molecule has 0 spiro atoms. The first-order chi connectivity index (χ1) is 8.98. The van der Waals surface area contributed by atoms with Gasteiger partial charge in [-0.05, 0) is 39.0 Å². The van der Waals surface area contributed by atoms with Crippen molar-refractivity contribution in [2.24, 2.45) is 5.92 Å². The van der Waals surface area contributed by atoms with E-state index in [0.29, 0.717) is 5.92 Å². The van der Waals surface area contributed by atoms with Crippen molar-refractivity contribution >= 4 is 0 Å². The normalized spacial score (nSPS) is 29.2. The fourth-order valence-corrected chi connectivity index (χ4v) is 3.09. The molecule has 1 saturated carbocycles. The first-order valence-corrected chi connectivity index (χ1v) is 7.06. The maximum atomic E-state index is 9.66. The highest BCUT2D eigenvalue weighted by molar-refractivity contribution is 5.20. The third-order valence-corrected chi connectivity index (χ3v) is 4.22.